The summed E-state index contributed by atoms with van der Waals surface area (Å²) in [4.78, 5) is 16.1. The molecule has 0 bridgehead atoms. The van der Waals surface area contributed by atoms with Crippen LogP contribution in [0.5, 0.6) is 23.0 Å². The minimum absolute atomic E-state index is 0.0434. The third kappa shape index (κ3) is 8.26. The number of benzene rings is 3. The standard InChI is InChI=1S/C36H50ClNO5Si2/c1-35(2,3)44(7,8)42-30-16-11-13-26(21-30)28-24-38(34(39)27-14-12-15-29(22-27)40-20-19-37)32-18-17-31(23-33(32)41-25-28)43-45(9,10)36(4,5)6/h11-18,21-23,28H,19-20,24-25H2,1-10H3. The maximum atomic E-state index is 14.3. The van der Waals surface area contributed by atoms with E-state index in [1.165, 1.54) is 0 Å². The minimum atomic E-state index is -2.09. The van der Waals surface area contributed by atoms with Gasteiger partial charge in [-0.2, -0.15) is 0 Å². The van der Waals surface area contributed by atoms with Crippen LogP contribution in [0.1, 0.15) is 63.4 Å². The Balaban J connectivity index is 1.72. The van der Waals surface area contributed by atoms with Crippen LogP contribution in [0.4, 0.5) is 5.69 Å². The fraction of sp³-hybridized carbons (Fsp3) is 0.472. The van der Waals surface area contributed by atoms with Gasteiger partial charge in [-0.15, -0.1) is 11.6 Å². The van der Waals surface area contributed by atoms with Crippen LogP contribution in [0.3, 0.4) is 0 Å². The van der Waals surface area contributed by atoms with Gasteiger partial charge >= 0.3 is 0 Å². The number of rotatable bonds is 9. The van der Waals surface area contributed by atoms with Crippen LogP contribution in [0.2, 0.25) is 36.3 Å². The van der Waals surface area contributed by atoms with E-state index in [1.54, 1.807) is 6.07 Å². The van der Waals surface area contributed by atoms with Crippen LogP contribution in [-0.4, -0.2) is 48.2 Å². The molecule has 9 heteroatoms. The molecule has 3 aromatic rings. The van der Waals surface area contributed by atoms with Crippen molar-refractivity contribution >= 4 is 39.8 Å². The maximum absolute atomic E-state index is 14.3. The van der Waals surface area contributed by atoms with Crippen LogP contribution >= 0.6 is 11.6 Å². The first-order valence-corrected chi connectivity index (χ1v) is 22.1. The maximum Gasteiger partial charge on any atom is 0.258 e. The highest BCUT2D eigenvalue weighted by Gasteiger charge is 2.40. The predicted molar refractivity (Wildman–Crippen MR) is 191 cm³/mol. The molecule has 0 fully saturated rings. The summed E-state index contributed by atoms with van der Waals surface area (Å²) in [5.41, 5.74) is 2.31. The van der Waals surface area contributed by atoms with Crippen LogP contribution in [0, 0.1) is 0 Å². The molecule has 3 aromatic carbocycles. The third-order valence-electron chi connectivity index (χ3n) is 9.42. The zero-order chi connectivity index (χ0) is 33.2. The normalized spacial score (nSPS) is 15.9. The lowest BCUT2D eigenvalue weighted by Crippen LogP contribution is -2.43. The molecular weight excluding hydrogens is 618 g/mol. The number of hydrogen-bond acceptors (Lipinski definition) is 5. The van der Waals surface area contributed by atoms with Crippen LogP contribution < -0.4 is 23.2 Å². The van der Waals surface area contributed by atoms with Gasteiger partial charge in [0.25, 0.3) is 5.91 Å². The molecule has 0 saturated carbocycles. The molecule has 1 unspecified atom stereocenters. The van der Waals surface area contributed by atoms with Gasteiger partial charge in [0, 0.05) is 24.1 Å². The van der Waals surface area contributed by atoms with Gasteiger partial charge < -0.3 is 23.2 Å². The molecule has 45 heavy (non-hydrogen) atoms. The average Bonchev–Trinajstić information content (AvgIpc) is 3.14. The molecule has 0 spiro atoms. The summed E-state index contributed by atoms with van der Waals surface area (Å²) < 4.78 is 25.5. The van der Waals surface area contributed by atoms with E-state index in [0.29, 0.717) is 48.4 Å². The Morgan fingerprint density at radius 1 is 0.844 bits per heavy atom. The summed E-state index contributed by atoms with van der Waals surface area (Å²) in [7, 11) is -4.13. The van der Waals surface area contributed by atoms with Crippen LogP contribution in [0.25, 0.3) is 0 Å². The molecule has 0 saturated heterocycles. The zero-order valence-corrected chi connectivity index (χ0v) is 31.4. The first kappa shape index (κ1) is 34.9. The molecule has 4 rings (SSSR count). The van der Waals surface area contributed by atoms with E-state index in [0.717, 1.165) is 17.1 Å². The summed E-state index contributed by atoms with van der Waals surface area (Å²) in [6.45, 7) is 23.5. The number of nitrogens with zero attached hydrogens (tertiary/aromatic N) is 1. The molecule has 1 heterocycles. The molecule has 1 aliphatic rings. The lowest BCUT2D eigenvalue weighted by atomic mass is 9.98. The first-order chi connectivity index (χ1) is 20.9. The Labute approximate surface area is 277 Å². The van der Waals surface area contributed by atoms with Gasteiger partial charge in [-0.05, 0) is 84.3 Å². The minimum Gasteiger partial charge on any atom is -0.543 e. The zero-order valence-electron chi connectivity index (χ0n) is 28.6. The van der Waals surface area contributed by atoms with Crippen molar-refractivity contribution in [3.8, 4) is 23.0 Å². The SMILES string of the molecule is CC(C)(C)[Si](C)(C)Oc1cccc(C2COc3cc(O[Si](C)(C)C(C)(C)C)ccc3N(C(=O)c3cccc(OCCCl)c3)C2)c1. The van der Waals surface area contributed by atoms with E-state index in [9.17, 15) is 4.79 Å². The van der Waals surface area contributed by atoms with Gasteiger partial charge in [0.1, 0.15) is 29.6 Å². The van der Waals surface area contributed by atoms with Crippen molar-refractivity contribution < 1.29 is 23.1 Å². The molecule has 0 aliphatic carbocycles. The van der Waals surface area contributed by atoms with E-state index in [1.807, 2.05) is 53.4 Å². The molecule has 1 atom stereocenters. The summed E-state index contributed by atoms with van der Waals surface area (Å²) >= 11 is 5.84. The summed E-state index contributed by atoms with van der Waals surface area (Å²) in [6, 6.07) is 21.4. The molecule has 0 aromatic heterocycles. The second-order valence-electron chi connectivity index (χ2n) is 14.9. The van der Waals surface area contributed by atoms with Crippen molar-refractivity contribution in [3.05, 3.63) is 77.9 Å². The second kappa shape index (κ2) is 13.4. The topological polar surface area (TPSA) is 57.2 Å². The highest BCUT2D eigenvalue weighted by atomic mass is 35.5. The highest BCUT2D eigenvalue weighted by Crippen LogP contribution is 2.43. The fourth-order valence-corrected chi connectivity index (χ4v) is 6.73. The van der Waals surface area contributed by atoms with Gasteiger partial charge in [-0.25, -0.2) is 0 Å². The smallest absolute Gasteiger partial charge is 0.258 e. The van der Waals surface area contributed by atoms with Crippen molar-refractivity contribution in [2.24, 2.45) is 0 Å². The Morgan fingerprint density at radius 2 is 1.44 bits per heavy atom. The van der Waals surface area contributed by atoms with Gasteiger partial charge in [-0.3, -0.25) is 4.79 Å². The number of carbonyl (C=O) groups is 1. The second-order valence-corrected chi connectivity index (χ2v) is 24.7. The van der Waals surface area contributed by atoms with E-state index < -0.39 is 16.6 Å². The van der Waals surface area contributed by atoms with Crippen molar-refractivity contribution in [2.75, 3.05) is 30.5 Å². The first-order valence-electron chi connectivity index (χ1n) is 15.8. The molecular formula is C36H50ClNO5Si2. The molecule has 0 N–H and O–H groups in total. The quantitative estimate of drug-likeness (QED) is 0.168. The number of amides is 1. The average molecular weight is 668 g/mol. The number of halogens is 1. The Kier molecular flexibility index (Phi) is 10.4. The van der Waals surface area contributed by atoms with Gasteiger partial charge in [0.15, 0.2) is 0 Å². The van der Waals surface area contributed by atoms with Crippen molar-refractivity contribution in [1.82, 2.24) is 0 Å². The van der Waals surface area contributed by atoms with Crippen molar-refractivity contribution in [3.63, 3.8) is 0 Å². The Morgan fingerprint density at radius 3 is 2.07 bits per heavy atom. The number of carbonyl (C=O) groups excluding carboxylic acids is 1. The lowest BCUT2D eigenvalue weighted by Gasteiger charge is -2.36. The van der Waals surface area contributed by atoms with Crippen LogP contribution in [-0.2, 0) is 0 Å². The highest BCUT2D eigenvalue weighted by molar-refractivity contribution is 6.75. The summed E-state index contributed by atoms with van der Waals surface area (Å²) in [6.07, 6.45) is 0. The lowest BCUT2D eigenvalue weighted by molar-refractivity contribution is 0.0985. The number of alkyl halides is 1. The molecule has 6 nitrogen and oxygen atoms in total. The van der Waals surface area contributed by atoms with E-state index in [2.05, 4.69) is 79.9 Å². The molecule has 0 radical (unpaired) electrons. The number of ether oxygens (including phenoxy) is 2. The largest absolute Gasteiger partial charge is 0.543 e. The fourth-order valence-electron chi connectivity index (χ4n) is 4.61. The number of fused-ring (bicyclic) bond motifs is 1. The Hall–Kier alpha value is -2.95. The molecule has 1 aliphatic heterocycles. The summed E-state index contributed by atoms with van der Waals surface area (Å²) in [5, 5.41) is 0.118. The predicted octanol–water partition coefficient (Wildman–Crippen LogP) is 9.90. The Bertz CT molecular complexity index is 1500. The van der Waals surface area contributed by atoms with Crippen molar-refractivity contribution in [2.45, 2.75) is 83.7 Å². The molecule has 244 valence electrons. The van der Waals surface area contributed by atoms with Gasteiger partial charge in [0.05, 0.1) is 18.2 Å². The van der Waals surface area contributed by atoms with Gasteiger partial charge in [0.2, 0.25) is 16.6 Å². The van der Waals surface area contributed by atoms with Crippen LogP contribution in [0.15, 0.2) is 66.7 Å². The monoisotopic (exact) mass is 667 g/mol. The van der Waals surface area contributed by atoms with E-state index in [4.69, 9.17) is 29.9 Å². The third-order valence-corrected chi connectivity index (χ3v) is 18.3. The van der Waals surface area contributed by atoms with Gasteiger partial charge in [-0.1, -0.05) is 59.7 Å². The van der Waals surface area contributed by atoms with E-state index >= 15 is 0 Å². The van der Waals surface area contributed by atoms with E-state index in [-0.39, 0.29) is 21.9 Å². The number of anilines is 1. The summed E-state index contributed by atoms with van der Waals surface area (Å²) in [5.74, 6) is 3.00. The number of hydrogen-bond donors (Lipinski definition) is 0. The van der Waals surface area contributed by atoms with Crippen molar-refractivity contribution in [1.29, 1.82) is 0 Å². The molecule has 1 amide bonds.